The molecule has 0 aliphatic rings. The quantitative estimate of drug-likeness (QED) is 0.0786. The van der Waals surface area contributed by atoms with Gasteiger partial charge in [-0.25, -0.2) is 13.2 Å². The van der Waals surface area contributed by atoms with Crippen LogP contribution >= 0.6 is 0 Å². The summed E-state index contributed by atoms with van der Waals surface area (Å²) in [7, 11) is -4.08. The van der Waals surface area contributed by atoms with Gasteiger partial charge in [0.05, 0.1) is 4.90 Å². The molecule has 0 heterocycles. The fraction of sp³-hybridized carbons (Fsp3) is 0.0882. The fourth-order valence-electron chi connectivity index (χ4n) is 4.71. The number of nitrogens with zero attached hydrogens (tertiary/aromatic N) is 3. The summed E-state index contributed by atoms with van der Waals surface area (Å²) in [5.41, 5.74) is 13.5. The zero-order valence-corrected chi connectivity index (χ0v) is 24.8. The Morgan fingerprint density at radius 2 is 1.27 bits per heavy atom. The van der Waals surface area contributed by atoms with Gasteiger partial charge in [-0.15, -0.1) is 0 Å². The number of hydrogen-bond donors (Lipinski definition) is 3. The number of benzene rings is 5. The molecule has 0 atom stereocenters. The molecule has 0 aliphatic heterocycles. The number of aromatic hydroxyl groups is 1. The Morgan fingerprint density at radius 3 is 1.78 bits per heavy atom. The number of carbonyl (C=O) groups excluding carboxylic acids is 1. The zero-order valence-electron chi connectivity index (χ0n) is 24.0. The van der Waals surface area contributed by atoms with Crippen molar-refractivity contribution >= 4 is 21.7 Å². The molecule has 0 radical (unpaired) electrons. The zero-order chi connectivity index (χ0) is 31.6. The van der Waals surface area contributed by atoms with Crippen molar-refractivity contribution in [2.75, 3.05) is 5.32 Å². The molecule has 0 saturated heterocycles. The molecule has 5 rings (SSSR count). The molecule has 2 amide bonds. The van der Waals surface area contributed by atoms with Crippen LogP contribution in [0.2, 0.25) is 0 Å². The molecule has 0 aromatic heterocycles. The number of phenols is 1. The average Bonchev–Trinajstić information content (AvgIpc) is 3.04. The van der Waals surface area contributed by atoms with E-state index < -0.39 is 16.1 Å². The van der Waals surface area contributed by atoms with E-state index in [9.17, 15) is 18.3 Å². The number of urea groups is 1. The highest BCUT2D eigenvalue weighted by Gasteiger charge is 2.14. The van der Waals surface area contributed by atoms with Gasteiger partial charge in [0.1, 0.15) is 17.2 Å². The maximum Gasteiger partial charge on any atom is 0.319 e. The molecule has 0 fully saturated rings. The lowest BCUT2D eigenvalue weighted by Crippen LogP contribution is -2.28. The van der Waals surface area contributed by atoms with Crippen molar-refractivity contribution in [3.8, 4) is 17.2 Å². The molecule has 10 nitrogen and oxygen atoms in total. The molecule has 0 spiro atoms. The van der Waals surface area contributed by atoms with Gasteiger partial charge in [-0.05, 0) is 94.0 Å². The Bertz CT molecular complexity index is 1870. The van der Waals surface area contributed by atoms with Crippen molar-refractivity contribution in [2.45, 2.75) is 24.3 Å². The molecule has 226 valence electrons. The maximum absolute atomic E-state index is 12.8. The SMILES string of the molecule is [N-]=[N+]=NS(=O)(=O)c1ccc(Oc2ccc(NC(=O)NCc3cc(Cc4ccccc4)c(O)c(Cc4ccccc4)c3)cc2)cc1. The van der Waals surface area contributed by atoms with Crippen LogP contribution in [0.5, 0.6) is 17.2 Å². The van der Waals surface area contributed by atoms with Gasteiger partial charge in [0.2, 0.25) is 0 Å². The predicted molar refractivity (Wildman–Crippen MR) is 172 cm³/mol. The topological polar surface area (TPSA) is 153 Å². The molecule has 3 N–H and O–H groups in total. The number of sulfonamides is 1. The monoisotopic (exact) mass is 619 g/mol. The third-order valence-corrected chi connectivity index (χ3v) is 8.02. The normalized spacial score (nSPS) is 10.8. The van der Waals surface area contributed by atoms with Crippen LogP contribution in [-0.2, 0) is 29.4 Å². The minimum absolute atomic E-state index is 0.148. The van der Waals surface area contributed by atoms with E-state index in [1.54, 1.807) is 24.3 Å². The summed E-state index contributed by atoms with van der Waals surface area (Å²) in [4.78, 5) is 14.9. The fourth-order valence-corrected chi connectivity index (χ4v) is 5.38. The molecule has 0 unspecified atom stereocenters. The first-order valence-corrected chi connectivity index (χ1v) is 15.4. The van der Waals surface area contributed by atoms with Crippen molar-refractivity contribution in [3.05, 3.63) is 160 Å². The number of carbonyl (C=O) groups is 1. The standard InChI is InChI=1S/C34H29N5O5S/c35-38-39-45(42,43)32-17-15-31(16-18-32)44-30-13-11-29(12-14-30)37-34(41)36-23-26-21-27(19-24-7-3-1-4-8-24)33(40)28(22-26)20-25-9-5-2-6-10-25/h1-18,21-22,40H,19-20,23H2,(H2,36,37,41). The molecule has 0 saturated carbocycles. The second-order valence-corrected chi connectivity index (χ2v) is 11.7. The molecule has 0 bridgehead atoms. The van der Waals surface area contributed by atoms with Crippen molar-refractivity contribution in [2.24, 2.45) is 4.52 Å². The first-order chi connectivity index (χ1) is 21.8. The van der Waals surface area contributed by atoms with Gasteiger partial charge in [-0.2, -0.15) is 0 Å². The van der Waals surface area contributed by atoms with E-state index in [0.29, 0.717) is 30.0 Å². The van der Waals surface area contributed by atoms with E-state index >= 15 is 0 Å². The van der Waals surface area contributed by atoms with Crippen LogP contribution in [0.15, 0.2) is 131 Å². The minimum Gasteiger partial charge on any atom is -0.507 e. The van der Waals surface area contributed by atoms with Gasteiger partial charge < -0.3 is 20.5 Å². The largest absolute Gasteiger partial charge is 0.507 e. The summed E-state index contributed by atoms with van der Waals surface area (Å²) in [5.74, 6) is 1.10. The first-order valence-electron chi connectivity index (χ1n) is 13.9. The lowest BCUT2D eigenvalue weighted by molar-refractivity contribution is 0.251. The van der Waals surface area contributed by atoms with E-state index in [-0.39, 0.29) is 17.2 Å². The first kappa shape index (κ1) is 30.7. The maximum atomic E-state index is 12.8. The van der Waals surface area contributed by atoms with Crippen molar-refractivity contribution in [1.29, 1.82) is 0 Å². The average molecular weight is 620 g/mol. The highest BCUT2D eigenvalue weighted by molar-refractivity contribution is 7.90. The summed E-state index contributed by atoms with van der Waals surface area (Å²) < 4.78 is 32.2. The summed E-state index contributed by atoms with van der Waals surface area (Å²) >= 11 is 0. The molecule has 11 heteroatoms. The summed E-state index contributed by atoms with van der Waals surface area (Å²) in [5, 5.41) is 16.8. The van der Waals surface area contributed by atoms with E-state index in [4.69, 9.17) is 10.3 Å². The van der Waals surface area contributed by atoms with Gasteiger partial charge in [0.15, 0.2) is 0 Å². The Hall–Kier alpha value is -5.77. The van der Waals surface area contributed by atoms with Gasteiger partial charge in [-0.3, -0.25) is 0 Å². The van der Waals surface area contributed by atoms with Crippen molar-refractivity contribution in [1.82, 2.24) is 5.32 Å². The second kappa shape index (κ2) is 14.1. The molecular weight excluding hydrogens is 590 g/mol. The van der Waals surface area contributed by atoms with Gasteiger partial charge in [-0.1, -0.05) is 60.7 Å². The second-order valence-electron chi connectivity index (χ2n) is 10.1. The van der Waals surface area contributed by atoms with E-state index in [1.165, 1.54) is 24.3 Å². The molecular formula is C34H29N5O5S. The van der Waals surface area contributed by atoms with Gasteiger partial charge in [0.25, 0.3) is 10.0 Å². The van der Waals surface area contributed by atoms with Gasteiger partial charge >= 0.3 is 6.03 Å². The van der Waals surface area contributed by atoms with Crippen molar-refractivity contribution < 1.29 is 23.1 Å². The van der Waals surface area contributed by atoms with E-state index in [1.807, 2.05) is 72.8 Å². The smallest absolute Gasteiger partial charge is 0.319 e. The number of anilines is 1. The number of phenolic OH excluding ortho intramolecular Hbond substituents is 1. The number of rotatable bonds is 11. The molecule has 5 aromatic rings. The lowest BCUT2D eigenvalue weighted by atomic mass is 9.95. The van der Waals surface area contributed by atoms with E-state index in [0.717, 1.165) is 27.8 Å². The number of nitrogens with one attached hydrogen (secondary N) is 2. The Morgan fingerprint density at radius 1 is 0.756 bits per heavy atom. The third-order valence-electron chi connectivity index (χ3n) is 6.87. The van der Waals surface area contributed by atoms with Crippen LogP contribution in [0.1, 0.15) is 27.8 Å². The number of hydrogen-bond acceptors (Lipinski definition) is 5. The number of amides is 2. The minimum atomic E-state index is -4.08. The Balaban J connectivity index is 1.22. The number of azide groups is 1. The van der Waals surface area contributed by atoms with Gasteiger partial charge in [0, 0.05) is 34.5 Å². The molecule has 0 aliphatic carbocycles. The number of ether oxygens (including phenoxy) is 1. The highest BCUT2D eigenvalue weighted by atomic mass is 32.2. The summed E-state index contributed by atoms with van der Waals surface area (Å²) in [6.07, 6.45) is 1.11. The van der Waals surface area contributed by atoms with Crippen molar-refractivity contribution in [3.63, 3.8) is 0 Å². The van der Waals surface area contributed by atoms with Crippen LogP contribution in [0, 0.1) is 0 Å². The van der Waals surface area contributed by atoms with Crippen LogP contribution in [0.4, 0.5) is 10.5 Å². The third kappa shape index (κ3) is 8.41. The Kier molecular flexibility index (Phi) is 9.64. The lowest BCUT2D eigenvalue weighted by Gasteiger charge is -2.15. The summed E-state index contributed by atoms with van der Waals surface area (Å²) in [6, 6.07) is 35.4. The summed E-state index contributed by atoms with van der Waals surface area (Å²) in [6.45, 7) is 0.252. The van der Waals surface area contributed by atoms with E-state index in [2.05, 4.69) is 20.1 Å². The van der Waals surface area contributed by atoms with Crippen LogP contribution in [-0.4, -0.2) is 19.6 Å². The molecule has 5 aromatic carbocycles. The predicted octanol–water partition coefficient (Wildman–Crippen LogP) is 7.69. The highest BCUT2D eigenvalue weighted by Crippen LogP contribution is 2.29. The van der Waals surface area contributed by atoms with Crippen LogP contribution < -0.4 is 15.4 Å². The molecule has 45 heavy (non-hydrogen) atoms. The van der Waals surface area contributed by atoms with Crippen LogP contribution in [0.3, 0.4) is 0 Å². The Labute approximate surface area is 260 Å². The van der Waals surface area contributed by atoms with Crippen LogP contribution in [0.25, 0.3) is 10.4 Å².